The van der Waals surface area contributed by atoms with Gasteiger partial charge in [0.05, 0.1) is 35.0 Å². The number of hydrogen-bond acceptors (Lipinski definition) is 6. The van der Waals surface area contributed by atoms with Gasteiger partial charge in [-0.1, -0.05) is 0 Å². The zero-order valence-corrected chi connectivity index (χ0v) is 15.9. The van der Waals surface area contributed by atoms with Crippen molar-refractivity contribution in [3.63, 3.8) is 0 Å². The highest BCUT2D eigenvalue weighted by molar-refractivity contribution is 6.05. The number of rotatable bonds is 6. The number of nitrogens with zero attached hydrogens (tertiary/aromatic N) is 5. The smallest absolute Gasteiger partial charge is 0.227 e. The minimum absolute atomic E-state index is 0.0427. The molecule has 3 N–H and O–H groups in total. The van der Waals surface area contributed by atoms with E-state index < -0.39 is 0 Å². The molecule has 29 heavy (non-hydrogen) atoms. The number of aromatic nitrogens is 6. The van der Waals surface area contributed by atoms with E-state index in [1.165, 1.54) is 0 Å². The first kappa shape index (κ1) is 17.4. The molecule has 0 atom stereocenters. The Kier molecular flexibility index (Phi) is 4.19. The molecule has 9 nitrogen and oxygen atoms in total. The molecule has 0 aliphatic heterocycles. The fourth-order valence-electron chi connectivity index (χ4n) is 3.33. The Morgan fingerprint density at radius 2 is 2.17 bits per heavy atom. The standard InChI is InChI=1S/C20H20N8O/c1-28-11-13(9-23-28)24-20-21-7-6-16(26-20)14-4-5-17(19-15(14)10-22-27-19)25-18(29)8-12-2-3-12/h4-7,9-12H,2-3,8H2,1H3,(H,22,27)(H,25,29)(H,21,24,26). The van der Waals surface area contributed by atoms with Crippen molar-refractivity contribution in [1.29, 1.82) is 0 Å². The highest BCUT2D eigenvalue weighted by Crippen LogP contribution is 2.34. The molecule has 1 saturated carbocycles. The van der Waals surface area contributed by atoms with Crippen LogP contribution in [0, 0.1) is 5.92 Å². The highest BCUT2D eigenvalue weighted by Gasteiger charge is 2.24. The molecule has 0 saturated heterocycles. The van der Waals surface area contributed by atoms with Gasteiger partial charge < -0.3 is 10.6 Å². The minimum Gasteiger partial charge on any atom is -0.324 e. The van der Waals surface area contributed by atoms with E-state index in [1.807, 2.05) is 31.4 Å². The van der Waals surface area contributed by atoms with Crippen LogP contribution in [-0.4, -0.2) is 35.9 Å². The topological polar surface area (TPSA) is 113 Å². The molecule has 1 fully saturated rings. The fraction of sp³-hybridized carbons (Fsp3) is 0.250. The molecule has 1 aromatic carbocycles. The Hall–Kier alpha value is -3.75. The van der Waals surface area contributed by atoms with Crippen molar-refractivity contribution in [2.24, 2.45) is 13.0 Å². The summed E-state index contributed by atoms with van der Waals surface area (Å²) in [6, 6.07) is 5.68. The number of nitrogens with one attached hydrogen (secondary N) is 3. The Morgan fingerprint density at radius 3 is 2.97 bits per heavy atom. The summed E-state index contributed by atoms with van der Waals surface area (Å²) >= 11 is 0. The highest BCUT2D eigenvalue weighted by atomic mass is 16.1. The average Bonchev–Trinajstić information content (AvgIpc) is 3.20. The molecule has 0 unspecified atom stereocenters. The van der Waals surface area contributed by atoms with Crippen LogP contribution in [0.4, 0.5) is 17.3 Å². The summed E-state index contributed by atoms with van der Waals surface area (Å²) in [6.45, 7) is 0. The maximum absolute atomic E-state index is 12.2. The average molecular weight is 388 g/mol. The van der Waals surface area contributed by atoms with Crippen LogP contribution in [0.2, 0.25) is 0 Å². The van der Waals surface area contributed by atoms with Crippen LogP contribution in [0.3, 0.4) is 0 Å². The summed E-state index contributed by atoms with van der Waals surface area (Å²) in [5, 5.41) is 18.3. The summed E-state index contributed by atoms with van der Waals surface area (Å²) in [7, 11) is 1.85. The van der Waals surface area contributed by atoms with Gasteiger partial charge in [-0.3, -0.25) is 14.6 Å². The summed E-state index contributed by atoms with van der Waals surface area (Å²) in [5.74, 6) is 1.06. The van der Waals surface area contributed by atoms with Crippen LogP contribution < -0.4 is 10.6 Å². The predicted molar refractivity (Wildman–Crippen MR) is 110 cm³/mol. The molecule has 0 radical (unpaired) electrons. The lowest BCUT2D eigenvalue weighted by Crippen LogP contribution is -2.12. The Balaban J connectivity index is 1.44. The molecule has 9 heteroatoms. The number of hydrogen-bond donors (Lipinski definition) is 3. The lowest BCUT2D eigenvalue weighted by Gasteiger charge is -2.10. The van der Waals surface area contributed by atoms with Crippen molar-refractivity contribution in [1.82, 2.24) is 29.9 Å². The number of amides is 1. The number of benzene rings is 1. The van der Waals surface area contributed by atoms with Crippen molar-refractivity contribution in [3.8, 4) is 11.3 Å². The van der Waals surface area contributed by atoms with Gasteiger partial charge >= 0.3 is 0 Å². The quantitative estimate of drug-likeness (QED) is 0.467. The van der Waals surface area contributed by atoms with E-state index in [2.05, 4.69) is 35.9 Å². The van der Waals surface area contributed by atoms with Gasteiger partial charge in [-0.2, -0.15) is 10.2 Å². The molecule has 0 spiro atoms. The van der Waals surface area contributed by atoms with Crippen molar-refractivity contribution in [3.05, 3.63) is 43.0 Å². The molecular formula is C20H20N8O. The lowest BCUT2D eigenvalue weighted by atomic mass is 10.1. The van der Waals surface area contributed by atoms with Crippen LogP contribution in [0.5, 0.6) is 0 Å². The summed E-state index contributed by atoms with van der Waals surface area (Å²) in [5.41, 5.74) is 3.99. The number of carbonyl (C=O) groups is 1. The third kappa shape index (κ3) is 3.66. The molecule has 146 valence electrons. The van der Waals surface area contributed by atoms with E-state index in [0.717, 1.165) is 46.4 Å². The number of H-pyrrole nitrogens is 1. The zero-order chi connectivity index (χ0) is 19.8. The molecule has 3 heterocycles. The molecule has 3 aromatic heterocycles. The van der Waals surface area contributed by atoms with Crippen molar-refractivity contribution in [2.45, 2.75) is 19.3 Å². The van der Waals surface area contributed by atoms with Crippen molar-refractivity contribution in [2.75, 3.05) is 10.6 Å². The van der Waals surface area contributed by atoms with Crippen LogP contribution in [0.15, 0.2) is 43.0 Å². The van der Waals surface area contributed by atoms with Gasteiger partial charge in [0.25, 0.3) is 0 Å². The molecule has 1 aliphatic carbocycles. The third-order valence-corrected chi connectivity index (χ3v) is 4.95. The second kappa shape index (κ2) is 7.01. The maximum Gasteiger partial charge on any atom is 0.227 e. The van der Waals surface area contributed by atoms with Gasteiger partial charge in [-0.15, -0.1) is 0 Å². The second-order valence-electron chi connectivity index (χ2n) is 7.31. The Morgan fingerprint density at radius 1 is 1.28 bits per heavy atom. The molecular weight excluding hydrogens is 368 g/mol. The van der Waals surface area contributed by atoms with Crippen LogP contribution >= 0.6 is 0 Å². The Bertz CT molecular complexity index is 1190. The second-order valence-corrected chi connectivity index (χ2v) is 7.31. The maximum atomic E-state index is 12.2. The van der Waals surface area contributed by atoms with E-state index in [4.69, 9.17) is 0 Å². The van der Waals surface area contributed by atoms with E-state index in [9.17, 15) is 4.79 Å². The fourth-order valence-corrected chi connectivity index (χ4v) is 3.33. The largest absolute Gasteiger partial charge is 0.324 e. The monoisotopic (exact) mass is 388 g/mol. The van der Waals surface area contributed by atoms with E-state index in [1.54, 1.807) is 23.3 Å². The number of aryl methyl sites for hydroxylation is 1. The molecule has 0 bridgehead atoms. The first-order valence-electron chi connectivity index (χ1n) is 9.51. The molecule has 4 aromatic rings. The van der Waals surface area contributed by atoms with E-state index in [-0.39, 0.29) is 5.91 Å². The van der Waals surface area contributed by atoms with Crippen molar-refractivity contribution < 1.29 is 4.79 Å². The summed E-state index contributed by atoms with van der Waals surface area (Å²) in [6.07, 6.45) is 9.89. The molecule has 1 aliphatic rings. The van der Waals surface area contributed by atoms with Crippen LogP contribution in [-0.2, 0) is 11.8 Å². The van der Waals surface area contributed by atoms with Gasteiger partial charge in [0.15, 0.2) is 0 Å². The number of aromatic amines is 1. The number of fused-ring (bicyclic) bond motifs is 1. The number of anilines is 3. The third-order valence-electron chi connectivity index (χ3n) is 4.95. The van der Waals surface area contributed by atoms with E-state index in [0.29, 0.717) is 18.3 Å². The number of carbonyl (C=O) groups excluding carboxylic acids is 1. The zero-order valence-electron chi connectivity index (χ0n) is 15.9. The van der Waals surface area contributed by atoms with Gasteiger partial charge in [0, 0.05) is 36.8 Å². The van der Waals surface area contributed by atoms with Gasteiger partial charge in [0.1, 0.15) is 0 Å². The lowest BCUT2D eigenvalue weighted by molar-refractivity contribution is -0.116. The van der Waals surface area contributed by atoms with Gasteiger partial charge in [-0.05, 0) is 37.0 Å². The summed E-state index contributed by atoms with van der Waals surface area (Å²) < 4.78 is 1.71. The SMILES string of the molecule is Cn1cc(Nc2nccc(-c3ccc(NC(=O)CC4CC4)c4[nH]ncc34)n2)cn1. The first-order chi connectivity index (χ1) is 14.2. The van der Waals surface area contributed by atoms with E-state index >= 15 is 0 Å². The van der Waals surface area contributed by atoms with Crippen LogP contribution in [0.1, 0.15) is 19.3 Å². The van der Waals surface area contributed by atoms with Gasteiger partial charge in [0.2, 0.25) is 11.9 Å². The molecule has 1 amide bonds. The van der Waals surface area contributed by atoms with Gasteiger partial charge in [-0.25, -0.2) is 9.97 Å². The first-order valence-corrected chi connectivity index (χ1v) is 9.51. The summed E-state index contributed by atoms with van der Waals surface area (Å²) in [4.78, 5) is 21.1. The predicted octanol–water partition coefficient (Wildman–Crippen LogP) is 3.24. The molecule has 5 rings (SSSR count). The minimum atomic E-state index is 0.0427. The van der Waals surface area contributed by atoms with Crippen LogP contribution in [0.25, 0.3) is 22.2 Å². The Labute approximate surface area is 166 Å². The normalized spacial score (nSPS) is 13.6. The van der Waals surface area contributed by atoms with Crippen molar-refractivity contribution >= 4 is 34.1 Å².